The fourth-order valence-corrected chi connectivity index (χ4v) is 3.72. The maximum Gasteiger partial charge on any atom is 0.253 e. The highest BCUT2D eigenvalue weighted by molar-refractivity contribution is 6.31. The second-order valence-corrected chi connectivity index (χ2v) is 6.95. The topological polar surface area (TPSA) is 58.6 Å². The Morgan fingerprint density at radius 3 is 2.88 bits per heavy atom. The summed E-state index contributed by atoms with van der Waals surface area (Å²) in [5.41, 5.74) is 2.02. The lowest BCUT2D eigenvalue weighted by molar-refractivity contribution is -0.117. The van der Waals surface area contributed by atoms with Crippen LogP contribution in [0.1, 0.15) is 41.2 Å². The van der Waals surface area contributed by atoms with Gasteiger partial charge in [0.1, 0.15) is 5.75 Å². The molecule has 1 saturated heterocycles. The Bertz CT molecular complexity index is 868. The van der Waals surface area contributed by atoms with Crippen LogP contribution in [0.2, 0.25) is 5.02 Å². The minimum Gasteiger partial charge on any atom is -0.493 e. The summed E-state index contributed by atoms with van der Waals surface area (Å²) in [6.07, 6.45) is 2.00. The quantitative estimate of drug-likeness (QED) is 0.895. The molecule has 0 saturated carbocycles. The summed E-state index contributed by atoms with van der Waals surface area (Å²) in [7, 11) is 0. The third kappa shape index (κ3) is 3.15. The van der Waals surface area contributed by atoms with Crippen molar-refractivity contribution in [1.82, 2.24) is 5.32 Å². The van der Waals surface area contributed by atoms with E-state index in [0.717, 1.165) is 17.7 Å². The number of ether oxygens (including phenoxy) is 1. The highest BCUT2D eigenvalue weighted by Crippen LogP contribution is 2.33. The molecule has 6 heteroatoms. The van der Waals surface area contributed by atoms with Crippen LogP contribution in [0.4, 0.5) is 5.69 Å². The average Bonchev–Trinajstić information content (AvgIpc) is 3.07. The van der Waals surface area contributed by atoms with Crippen molar-refractivity contribution < 1.29 is 14.3 Å². The maximum atomic E-state index is 13.0. The number of carbonyl (C=O) groups excluding carboxylic acids is 2. The lowest BCUT2D eigenvalue weighted by Gasteiger charge is -2.27. The van der Waals surface area contributed by atoms with E-state index in [-0.39, 0.29) is 17.9 Å². The molecule has 134 valence electrons. The minimum absolute atomic E-state index is 0.0257. The van der Waals surface area contributed by atoms with Gasteiger partial charge in [0.15, 0.2) is 0 Å². The predicted molar refractivity (Wildman–Crippen MR) is 99.8 cm³/mol. The van der Waals surface area contributed by atoms with Gasteiger partial charge in [0, 0.05) is 30.0 Å². The first-order valence-electron chi connectivity index (χ1n) is 8.76. The SMILES string of the molecule is O=C(N[C@@H]1CCOc2ccccc21)c1ccc(Cl)cc1N1CCCC1=O. The molecule has 1 N–H and O–H groups in total. The summed E-state index contributed by atoms with van der Waals surface area (Å²) in [5, 5.41) is 3.60. The predicted octanol–water partition coefficient (Wildman–Crippen LogP) is 3.72. The number of carbonyl (C=O) groups is 2. The van der Waals surface area contributed by atoms with Gasteiger partial charge in [-0.1, -0.05) is 29.8 Å². The number of hydrogen-bond acceptors (Lipinski definition) is 3. The van der Waals surface area contributed by atoms with Crippen LogP contribution in [-0.2, 0) is 4.79 Å². The first-order chi connectivity index (χ1) is 12.6. The van der Waals surface area contributed by atoms with Gasteiger partial charge in [0.25, 0.3) is 5.91 Å². The van der Waals surface area contributed by atoms with Crippen LogP contribution in [0.3, 0.4) is 0 Å². The highest BCUT2D eigenvalue weighted by atomic mass is 35.5. The van der Waals surface area contributed by atoms with Gasteiger partial charge < -0.3 is 15.0 Å². The van der Waals surface area contributed by atoms with Crippen LogP contribution in [0.25, 0.3) is 0 Å². The van der Waals surface area contributed by atoms with E-state index in [1.165, 1.54) is 0 Å². The fraction of sp³-hybridized carbons (Fsp3) is 0.300. The van der Waals surface area contributed by atoms with Crippen LogP contribution in [-0.4, -0.2) is 25.0 Å². The Morgan fingerprint density at radius 2 is 2.08 bits per heavy atom. The number of hydrogen-bond donors (Lipinski definition) is 1. The zero-order valence-corrected chi connectivity index (χ0v) is 15.0. The van der Waals surface area contributed by atoms with Gasteiger partial charge in [0.05, 0.1) is 23.9 Å². The summed E-state index contributed by atoms with van der Waals surface area (Å²) in [6.45, 7) is 1.17. The fourth-order valence-electron chi connectivity index (χ4n) is 3.55. The van der Waals surface area contributed by atoms with E-state index in [0.29, 0.717) is 42.3 Å². The second kappa shape index (κ2) is 7.00. The molecule has 0 aromatic heterocycles. The molecule has 0 spiro atoms. The number of para-hydroxylation sites is 1. The zero-order valence-electron chi connectivity index (χ0n) is 14.2. The van der Waals surface area contributed by atoms with Gasteiger partial charge in [-0.3, -0.25) is 9.59 Å². The van der Waals surface area contributed by atoms with E-state index >= 15 is 0 Å². The van der Waals surface area contributed by atoms with E-state index in [4.69, 9.17) is 16.3 Å². The number of halogens is 1. The van der Waals surface area contributed by atoms with Crippen molar-refractivity contribution in [2.24, 2.45) is 0 Å². The monoisotopic (exact) mass is 370 g/mol. The molecule has 2 aromatic carbocycles. The molecular weight excluding hydrogens is 352 g/mol. The number of benzene rings is 2. The third-order valence-corrected chi connectivity index (χ3v) is 5.07. The molecule has 1 atom stereocenters. The number of nitrogens with zero attached hydrogens (tertiary/aromatic N) is 1. The van der Waals surface area contributed by atoms with Crippen LogP contribution in [0.15, 0.2) is 42.5 Å². The maximum absolute atomic E-state index is 13.0. The molecule has 2 aliphatic heterocycles. The van der Waals surface area contributed by atoms with Crippen molar-refractivity contribution in [2.45, 2.75) is 25.3 Å². The van der Waals surface area contributed by atoms with Crippen molar-refractivity contribution in [1.29, 1.82) is 0 Å². The number of fused-ring (bicyclic) bond motifs is 1. The number of nitrogens with one attached hydrogen (secondary N) is 1. The summed E-state index contributed by atoms with van der Waals surface area (Å²) >= 11 is 6.12. The van der Waals surface area contributed by atoms with Crippen molar-refractivity contribution in [3.05, 3.63) is 58.6 Å². The average molecular weight is 371 g/mol. The van der Waals surface area contributed by atoms with Crippen molar-refractivity contribution >= 4 is 29.1 Å². The Labute approximate surface area is 156 Å². The summed E-state index contributed by atoms with van der Waals surface area (Å²) < 4.78 is 5.65. The van der Waals surface area contributed by atoms with Crippen LogP contribution < -0.4 is 15.0 Å². The molecule has 4 rings (SSSR count). The molecule has 0 unspecified atom stereocenters. The summed E-state index contributed by atoms with van der Waals surface area (Å²) in [5.74, 6) is 0.617. The van der Waals surface area contributed by atoms with E-state index in [1.54, 1.807) is 23.1 Å². The number of amides is 2. The van der Waals surface area contributed by atoms with Gasteiger partial charge in [-0.2, -0.15) is 0 Å². The normalized spacial score (nSPS) is 19.0. The molecule has 26 heavy (non-hydrogen) atoms. The van der Waals surface area contributed by atoms with Crippen molar-refractivity contribution in [3.8, 4) is 5.75 Å². The smallest absolute Gasteiger partial charge is 0.253 e. The molecule has 0 bridgehead atoms. The molecule has 2 aromatic rings. The molecule has 2 amide bonds. The summed E-state index contributed by atoms with van der Waals surface area (Å²) in [4.78, 5) is 26.8. The largest absolute Gasteiger partial charge is 0.493 e. The third-order valence-electron chi connectivity index (χ3n) is 4.83. The Balaban J connectivity index is 1.63. The van der Waals surface area contributed by atoms with Gasteiger partial charge in [0.2, 0.25) is 5.91 Å². The first-order valence-corrected chi connectivity index (χ1v) is 9.14. The van der Waals surface area contributed by atoms with Gasteiger partial charge >= 0.3 is 0 Å². The lowest BCUT2D eigenvalue weighted by atomic mass is 10.00. The van der Waals surface area contributed by atoms with Crippen LogP contribution >= 0.6 is 11.6 Å². The standard InChI is InChI=1S/C20H19ClN2O3/c21-13-7-8-15(17(12-13)23-10-3-6-19(23)24)20(25)22-16-9-11-26-18-5-2-1-4-14(16)18/h1-2,4-5,7-8,12,16H,3,6,9-11H2,(H,22,25)/t16-/m1/s1. The molecule has 0 aliphatic carbocycles. The first kappa shape index (κ1) is 16.9. The summed E-state index contributed by atoms with van der Waals surface area (Å²) in [6, 6.07) is 12.7. The Hall–Kier alpha value is -2.53. The highest BCUT2D eigenvalue weighted by Gasteiger charge is 2.28. The molecule has 5 nitrogen and oxygen atoms in total. The number of anilines is 1. The minimum atomic E-state index is -0.210. The van der Waals surface area contributed by atoms with E-state index < -0.39 is 0 Å². The molecule has 2 heterocycles. The number of rotatable bonds is 3. The molecule has 2 aliphatic rings. The van der Waals surface area contributed by atoms with Gasteiger partial charge in [-0.25, -0.2) is 0 Å². The van der Waals surface area contributed by atoms with E-state index in [9.17, 15) is 9.59 Å². The van der Waals surface area contributed by atoms with Crippen LogP contribution in [0, 0.1) is 0 Å². The molecule has 0 radical (unpaired) electrons. The lowest BCUT2D eigenvalue weighted by Crippen LogP contribution is -2.34. The van der Waals surface area contributed by atoms with Gasteiger partial charge in [-0.15, -0.1) is 0 Å². The Kier molecular flexibility index (Phi) is 4.55. The van der Waals surface area contributed by atoms with E-state index in [1.807, 2.05) is 24.3 Å². The van der Waals surface area contributed by atoms with Crippen molar-refractivity contribution in [3.63, 3.8) is 0 Å². The van der Waals surface area contributed by atoms with E-state index in [2.05, 4.69) is 5.32 Å². The second-order valence-electron chi connectivity index (χ2n) is 6.51. The van der Waals surface area contributed by atoms with Crippen LogP contribution in [0.5, 0.6) is 5.75 Å². The Morgan fingerprint density at radius 1 is 1.23 bits per heavy atom. The molecular formula is C20H19ClN2O3. The zero-order chi connectivity index (χ0) is 18.1. The molecule has 1 fully saturated rings. The van der Waals surface area contributed by atoms with Gasteiger partial charge in [-0.05, 0) is 30.7 Å². The van der Waals surface area contributed by atoms with Crippen molar-refractivity contribution in [2.75, 3.05) is 18.1 Å².